The summed E-state index contributed by atoms with van der Waals surface area (Å²) in [6.07, 6.45) is 1.64. The molecule has 18 heavy (non-hydrogen) atoms. The Kier molecular flexibility index (Phi) is 5.41. The Hall–Kier alpha value is -0.810. The number of hydrogen-bond donors (Lipinski definition) is 0. The molecule has 0 aromatic carbocycles. The minimum atomic E-state index is -0.421. The molecule has 1 saturated heterocycles. The molecular formula is C13H26N2O3. The Balaban J connectivity index is 2.37. The van der Waals surface area contributed by atoms with Gasteiger partial charge in [0.2, 0.25) is 0 Å². The van der Waals surface area contributed by atoms with Gasteiger partial charge in [0.1, 0.15) is 5.60 Å². The van der Waals surface area contributed by atoms with Crippen LogP contribution in [0.15, 0.2) is 0 Å². The molecule has 1 rings (SSSR count). The van der Waals surface area contributed by atoms with Crippen molar-refractivity contribution < 1.29 is 14.4 Å². The lowest BCUT2D eigenvalue weighted by Crippen LogP contribution is -2.46. The molecule has 0 aromatic rings. The van der Waals surface area contributed by atoms with Gasteiger partial charge in [-0.05, 0) is 40.5 Å². The van der Waals surface area contributed by atoms with E-state index in [0.29, 0.717) is 12.6 Å². The van der Waals surface area contributed by atoms with E-state index < -0.39 is 5.60 Å². The third-order valence-electron chi connectivity index (χ3n) is 2.96. The lowest BCUT2D eigenvalue weighted by atomic mass is 10.1. The van der Waals surface area contributed by atoms with Crippen molar-refractivity contribution in [2.24, 2.45) is 0 Å². The molecule has 1 aliphatic heterocycles. The molecule has 0 atom stereocenters. The average Bonchev–Trinajstić information content (AvgIpc) is 2.27. The highest BCUT2D eigenvalue weighted by Crippen LogP contribution is 2.18. The number of amides is 1. The van der Waals surface area contributed by atoms with E-state index in [1.165, 1.54) is 0 Å². The average molecular weight is 258 g/mol. The van der Waals surface area contributed by atoms with Crippen LogP contribution in [0, 0.1) is 0 Å². The lowest BCUT2D eigenvalue weighted by Gasteiger charge is -2.36. The molecule has 0 spiro atoms. The van der Waals surface area contributed by atoms with Crippen LogP contribution in [0.3, 0.4) is 0 Å². The van der Waals surface area contributed by atoms with E-state index in [1.807, 2.05) is 39.8 Å². The van der Waals surface area contributed by atoms with E-state index >= 15 is 0 Å². The summed E-state index contributed by atoms with van der Waals surface area (Å²) in [7, 11) is 1.96. The third kappa shape index (κ3) is 4.82. The summed E-state index contributed by atoms with van der Waals surface area (Å²) in [4.78, 5) is 19.1. The number of rotatable bonds is 3. The molecule has 0 saturated carbocycles. The Morgan fingerprint density at radius 2 is 1.89 bits per heavy atom. The van der Waals surface area contributed by atoms with Crippen LogP contribution >= 0.6 is 0 Å². The van der Waals surface area contributed by atoms with Crippen LogP contribution in [0.5, 0.6) is 0 Å². The smallest absolute Gasteiger partial charge is 0.410 e. The fourth-order valence-electron chi connectivity index (χ4n) is 2.05. The quantitative estimate of drug-likeness (QED) is 0.728. The molecule has 5 nitrogen and oxygen atoms in total. The summed E-state index contributed by atoms with van der Waals surface area (Å²) in [6.45, 7) is 9.80. The number of carbonyl (C=O) groups excluding carboxylic acids is 1. The van der Waals surface area contributed by atoms with Crippen LogP contribution in [0.4, 0.5) is 4.79 Å². The zero-order valence-corrected chi connectivity index (χ0v) is 12.2. The number of ether oxygens (including phenoxy) is 1. The van der Waals surface area contributed by atoms with Gasteiger partial charge in [0, 0.05) is 26.2 Å². The maximum Gasteiger partial charge on any atom is 0.410 e. The van der Waals surface area contributed by atoms with Crippen molar-refractivity contribution in [3.8, 4) is 0 Å². The van der Waals surface area contributed by atoms with Crippen LogP contribution in [0.25, 0.3) is 0 Å². The Morgan fingerprint density at radius 3 is 2.33 bits per heavy atom. The van der Waals surface area contributed by atoms with Crippen molar-refractivity contribution in [2.75, 3.05) is 26.7 Å². The van der Waals surface area contributed by atoms with Gasteiger partial charge < -0.3 is 9.64 Å². The molecular weight excluding hydrogens is 232 g/mol. The lowest BCUT2D eigenvalue weighted by molar-refractivity contribution is -0.171. The van der Waals surface area contributed by atoms with Gasteiger partial charge in [-0.1, -0.05) is 0 Å². The Morgan fingerprint density at radius 1 is 1.33 bits per heavy atom. The van der Waals surface area contributed by atoms with E-state index in [-0.39, 0.29) is 6.09 Å². The Bertz CT molecular complexity index is 268. The fourth-order valence-corrected chi connectivity index (χ4v) is 2.05. The standard InChI is InChI=1S/C13H26N2O3/c1-6-17-14(5)11-7-9-15(10-8-11)12(16)18-13(2,3)4/h11H,6-10H2,1-5H3. The highest BCUT2D eigenvalue weighted by molar-refractivity contribution is 5.68. The summed E-state index contributed by atoms with van der Waals surface area (Å²) in [5.74, 6) is 0. The van der Waals surface area contributed by atoms with E-state index in [1.54, 1.807) is 4.90 Å². The summed E-state index contributed by atoms with van der Waals surface area (Å²) in [5, 5.41) is 1.91. The molecule has 1 aliphatic rings. The monoisotopic (exact) mass is 258 g/mol. The number of piperidine rings is 1. The van der Waals surface area contributed by atoms with Gasteiger partial charge in [-0.2, -0.15) is 5.06 Å². The summed E-state index contributed by atoms with van der Waals surface area (Å²) in [6, 6.07) is 0.392. The van der Waals surface area contributed by atoms with Crippen molar-refractivity contribution in [3.63, 3.8) is 0 Å². The molecule has 0 aliphatic carbocycles. The predicted molar refractivity (Wildman–Crippen MR) is 70.2 cm³/mol. The van der Waals surface area contributed by atoms with E-state index in [4.69, 9.17) is 9.57 Å². The first-order valence-electron chi connectivity index (χ1n) is 6.67. The van der Waals surface area contributed by atoms with Crippen molar-refractivity contribution >= 4 is 6.09 Å². The molecule has 0 N–H and O–H groups in total. The van der Waals surface area contributed by atoms with Crippen LogP contribution in [-0.4, -0.2) is 54.4 Å². The third-order valence-corrected chi connectivity index (χ3v) is 2.96. The second kappa shape index (κ2) is 6.38. The predicted octanol–water partition coefficient (Wildman–Crippen LogP) is 2.27. The van der Waals surface area contributed by atoms with E-state index in [0.717, 1.165) is 25.9 Å². The Labute approximate surface area is 110 Å². The number of hydrogen-bond acceptors (Lipinski definition) is 4. The van der Waals surface area contributed by atoms with Gasteiger partial charge in [0.15, 0.2) is 0 Å². The molecule has 0 radical (unpaired) electrons. The molecule has 0 unspecified atom stereocenters. The number of carbonyl (C=O) groups is 1. The van der Waals surface area contributed by atoms with Gasteiger partial charge in [-0.3, -0.25) is 4.84 Å². The van der Waals surface area contributed by atoms with Crippen LogP contribution in [0.1, 0.15) is 40.5 Å². The zero-order chi connectivity index (χ0) is 13.8. The topological polar surface area (TPSA) is 42.0 Å². The first-order valence-corrected chi connectivity index (χ1v) is 6.67. The van der Waals surface area contributed by atoms with Gasteiger partial charge in [-0.15, -0.1) is 0 Å². The summed E-state index contributed by atoms with van der Waals surface area (Å²) < 4.78 is 5.36. The van der Waals surface area contributed by atoms with Gasteiger partial charge in [0.05, 0.1) is 6.61 Å². The summed E-state index contributed by atoms with van der Waals surface area (Å²) in [5.41, 5.74) is -0.421. The minimum absolute atomic E-state index is 0.208. The van der Waals surface area contributed by atoms with Gasteiger partial charge in [0.25, 0.3) is 0 Å². The van der Waals surface area contributed by atoms with Crippen molar-refractivity contribution in [2.45, 2.75) is 52.2 Å². The second-order valence-corrected chi connectivity index (χ2v) is 5.66. The van der Waals surface area contributed by atoms with Crippen LogP contribution in [-0.2, 0) is 9.57 Å². The SMILES string of the molecule is CCON(C)C1CCN(C(=O)OC(C)(C)C)CC1. The first-order chi connectivity index (χ1) is 8.33. The molecule has 1 heterocycles. The summed E-state index contributed by atoms with van der Waals surface area (Å²) >= 11 is 0. The largest absolute Gasteiger partial charge is 0.444 e. The normalized spacial score (nSPS) is 18.2. The van der Waals surface area contributed by atoms with Crippen molar-refractivity contribution in [3.05, 3.63) is 0 Å². The highest BCUT2D eigenvalue weighted by atomic mass is 16.7. The van der Waals surface area contributed by atoms with Crippen LogP contribution < -0.4 is 0 Å². The maximum absolute atomic E-state index is 11.9. The van der Waals surface area contributed by atoms with E-state index in [2.05, 4.69) is 0 Å². The second-order valence-electron chi connectivity index (χ2n) is 5.66. The van der Waals surface area contributed by atoms with Crippen molar-refractivity contribution in [1.82, 2.24) is 9.96 Å². The zero-order valence-electron chi connectivity index (χ0n) is 12.2. The molecule has 0 bridgehead atoms. The number of nitrogens with zero attached hydrogens (tertiary/aromatic N) is 2. The minimum Gasteiger partial charge on any atom is -0.444 e. The van der Waals surface area contributed by atoms with Crippen molar-refractivity contribution in [1.29, 1.82) is 0 Å². The molecule has 1 amide bonds. The number of likely N-dealkylation sites (tertiary alicyclic amines) is 1. The van der Waals surface area contributed by atoms with Gasteiger partial charge in [-0.25, -0.2) is 4.79 Å². The van der Waals surface area contributed by atoms with Gasteiger partial charge >= 0.3 is 6.09 Å². The first kappa shape index (κ1) is 15.2. The fraction of sp³-hybridized carbons (Fsp3) is 0.923. The van der Waals surface area contributed by atoms with E-state index in [9.17, 15) is 4.79 Å². The molecule has 0 aromatic heterocycles. The number of hydroxylamine groups is 2. The molecule has 106 valence electrons. The van der Waals surface area contributed by atoms with Crippen LogP contribution in [0.2, 0.25) is 0 Å². The highest BCUT2D eigenvalue weighted by Gasteiger charge is 2.28. The molecule has 5 heteroatoms. The molecule has 1 fully saturated rings. The maximum atomic E-state index is 11.9.